The minimum atomic E-state index is -4.16. The molecule has 0 aliphatic carbocycles. The number of nitrogens with two attached hydrogens (primary N) is 1. The van der Waals surface area contributed by atoms with Crippen LogP contribution in [0.4, 0.5) is 5.82 Å². The molecule has 0 unspecified atom stereocenters. The van der Waals surface area contributed by atoms with Gasteiger partial charge in [-0.25, -0.2) is 15.0 Å². The Morgan fingerprint density at radius 3 is 2.57 bits per heavy atom. The Morgan fingerprint density at radius 1 is 1.39 bits per heavy atom. The van der Waals surface area contributed by atoms with Crippen LogP contribution < -0.4 is 5.73 Å². The van der Waals surface area contributed by atoms with Gasteiger partial charge in [-0.2, -0.15) is 4.21 Å². The summed E-state index contributed by atoms with van der Waals surface area (Å²) in [6, 6.07) is 0. The Bertz CT molecular complexity index is 715. The van der Waals surface area contributed by atoms with Crippen molar-refractivity contribution in [1.82, 2.24) is 19.5 Å². The van der Waals surface area contributed by atoms with Gasteiger partial charge in [0.25, 0.3) is 11.4 Å². The van der Waals surface area contributed by atoms with Gasteiger partial charge in [0.15, 0.2) is 11.5 Å². The van der Waals surface area contributed by atoms with Crippen molar-refractivity contribution >= 4 is 35.9 Å². The Labute approximate surface area is 133 Å². The van der Waals surface area contributed by atoms with Gasteiger partial charge in [-0.05, 0) is 6.92 Å². The molecule has 2 aromatic heterocycles. The number of anilines is 1. The summed E-state index contributed by atoms with van der Waals surface area (Å²) in [5, 5.41) is 0. The average molecular weight is 369 g/mol. The lowest BCUT2D eigenvalue weighted by Gasteiger charge is -2.14. The molecule has 130 valence electrons. The van der Waals surface area contributed by atoms with Gasteiger partial charge in [0.1, 0.15) is 18.2 Å². The number of hydrogen-bond donors (Lipinski definition) is 5. The molecule has 0 spiro atoms. The number of nitrogens with zero attached hydrogens (tertiary/aromatic N) is 4. The normalized spacial score (nSPS) is 13.0. The van der Waals surface area contributed by atoms with Gasteiger partial charge in [-0.1, -0.05) is 0 Å². The summed E-state index contributed by atoms with van der Waals surface area (Å²) in [6.07, 6.45) is 1.85. The van der Waals surface area contributed by atoms with Crippen LogP contribution in [0.3, 0.4) is 0 Å². The molecule has 2 rings (SSSR count). The monoisotopic (exact) mass is 369 g/mol. The summed E-state index contributed by atoms with van der Waals surface area (Å²) < 4.78 is 40.3. The highest BCUT2D eigenvalue weighted by Gasteiger charge is 2.16. The third-order valence-corrected chi connectivity index (χ3v) is 2.90. The van der Waals surface area contributed by atoms with E-state index in [2.05, 4.69) is 15.0 Å². The zero-order valence-electron chi connectivity index (χ0n) is 11.9. The van der Waals surface area contributed by atoms with E-state index in [9.17, 15) is 4.57 Å². The van der Waals surface area contributed by atoms with Crippen molar-refractivity contribution in [2.75, 3.05) is 12.1 Å². The van der Waals surface area contributed by atoms with Gasteiger partial charge in [0, 0.05) is 0 Å². The van der Waals surface area contributed by atoms with Gasteiger partial charge < -0.3 is 24.8 Å². The molecule has 6 N–H and O–H groups in total. The molecule has 2 aromatic rings. The van der Waals surface area contributed by atoms with Gasteiger partial charge >= 0.3 is 7.60 Å². The lowest BCUT2D eigenvalue weighted by molar-refractivity contribution is 0.0764. The second-order valence-corrected chi connectivity index (χ2v) is 6.38. The van der Waals surface area contributed by atoms with E-state index in [4.69, 9.17) is 33.6 Å². The lowest BCUT2D eigenvalue weighted by Crippen LogP contribution is -2.17. The van der Waals surface area contributed by atoms with Gasteiger partial charge in [0.05, 0.1) is 19.0 Å². The predicted octanol–water partition coefficient (Wildman–Crippen LogP) is -0.370. The van der Waals surface area contributed by atoms with Crippen molar-refractivity contribution in [3.05, 3.63) is 12.7 Å². The SMILES string of the molecule is C[C@H](Cn1cnc2c(N)ncnc21)OCP(=O)(O)O.O=S(O)O. The number of rotatable bonds is 5. The van der Waals surface area contributed by atoms with Crippen LogP contribution in [-0.2, 0) is 27.2 Å². The molecule has 0 aromatic carbocycles. The highest BCUT2D eigenvalue weighted by atomic mass is 32.2. The summed E-state index contributed by atoms with van der Waals surface area (Å²) in [5.74, 6) is 0.285. The van der Waals surface area contributed by atoms with Gasteiger partial charge in [-0.3, -0.25) is 13.7 Å². The smallest absolute Gasteiger partial charge is 0.350 e. The van der Waals surface area contributed by atoms with Crippen LogP contribution in [0.25, 0.3) is 11.2 Å². The van der Waals surface area contributed by atoms with Crippen molar-refractivity contribution in [3.8, 4) is 0 Å². The first-order chi connectivity index (χ1) is 10.6. The molecule has 0 radical (unpaired) electrons. The van der Waals surface area contributed by atoms with Crippen LogP contribution in [-0.4, -0.2) is 55.1 Å². The van der Waals surface area contributed by atoms with Gasteiger partial charge in [0.2, 0.25) is 0 Å². The van der Waals surface area contributed by atoms with Crippen LogP contribution in [0.15, 0.2) is 12.7 Å². The maximum atomic E-state index is 10.7. The first kappa shape index (κ1) is 19.6. The first-order valence-corrected chi connectivity index (χ1v) is 8.83. The number of nitrogen functional groups attached to an aromatic ring is 1. The molecule has 14 heteroatoms. The summed E-state index contributed by atoms with van der Waals surface area (Å²) in [6.45, 7) is 2.05. The van der Waals surface area contributed by atoms with E-state index in [0.717, 1.165) is 0 Å². The Balaban J connectivity index is 0.000000593. The molecule has 0 aliphatic heterocycles. The van der Waals surface area contributed by atoms with Crippen LogP contribution in [0, 0.1) is 0 Å². The zero-order chi connectivity index (χ0) is 17.6. The van der Waals surface area contributed by atoms with E-state index in [1.54, 1.807) is 11.5 Å². The van der Waals surface area contributed by atoms with Crippen LogP contribution in [0.2, 0.25) is 0 Å². The van der Waals surface area contributed by atoms with Crippen molar-refractivity contribution in [3.63, 3.8) is 0 Å². The van der Waals surface area contributed by atoms with Crippen molar-refractivity contribution in [2.45, 2.75) is 19.6 Å². The number of aromatic nitrogens is 4. The van der Waals surface area contributed by atoms with Crippen molar-refractivity contribution < 1.29 is 32.4 Å². The maximum absolute atomic E-state index is 10.7. The van der Waals surface area contributed by atoms with E-state index in [1.165, 1.54) is 12.7 Å². The average Bonchev–Trinajstić information content (AvgIpc) is 2.80. The van der Waals surface area contributed by atoms with E-state index < -0.39 is 31.4 Å². The Morgan fingerprint density at radius 2 is 2.00 bits per heavy atom. The summed E-state index contributed by atoms with van der Waals surface area (Å²) >= 11 is -2.61. The molecular formula is C9H16N5O7PS. The topological polar surface area (TPSA) is 194 Å². The zero-order valence-corrected chi connectivity index (χ0v) is 13.6. The summed E-state index contributed by atoms with van der Waals surface area (Å²) in [5.41, 5.74) is 6.70. The third kappa shape index (κ3) is 7.09. The summed E-state index contributed by atoms with van der Waals surface area (Å²) in [4.78, 5) is 29.4. The molecule has 12 nitrogen and oxygen atoms in total. The van der Waals surface area contributed by atoms with E-state index in [1.807, 2.05) is 0 Å². The van der Waals surface area contributed by atoms with E-state index in [0.29, 0.717) is 17.7 Å². The van der Waals surface area contributed by atoms with Crippen LogP contribution in [0.1, 0.15) is 6.92 Å². The fraction of sp³-hybridized carbons (Fsp3) is 0.444. The Hall–Kier alpha value is -1.47. The van der Waals surface area contributed by atoms with Crippen LogP contribution >= 0.6 is 7.60 Å². The number of hydrogen-bond acceptors (Lipinski definition) is 7. The molecular weight excluding hydrogens is 353 g/mol. The second kappa shape index (κ2) is 8.40. The minimum absolute atomic E-state index is 0.285. The molecule has 2 heterocycles. The van der Waals surface area contributed by atoms with Crippen LogP contribution in [0.5, 0.6) is 0 Å². The molecule has 0 saturated heterocycles. The van der Waals surface area contributed by atoms with E-state index >= 15 is 0 Å². The molecule has 0 saturated carbocycles. The molecule has 0 aliphatic rings. The lowest BCUT2D eigenvalue weighted by atomic mass is 10.4. The quantitative estimate of drug-likeness (QED) is 0.341. The first-order valence-electron chi connectivity index (χ1n) is 5.97. The van der Waals surface area contributed by atoms with Crippen molar-refractivity contribution in [1.29, 1.82) is 0 Å². The van der Waals surface area contributed by atoms with E-state index in [-0.39, 0.29) is 5.82 Å². The number of imidazole rings is 1. The number of fused-ring (bicyclic) bond motifs is 1. The highest BCUT2D eigenvalue weighted by molar-refractivity contribution is 7.73. The minimum Gasteiger partial charge on any atom is -0.382 e. The maximum Gasteiger partial charge on any atom is 0.350 e. The molecule has 23 heavy (non-hydrogen) atoms. The molecule has 0 bridgehead atoms. The van der Waals surface area contributed by atoms with Crippen molar-refractivity contribution in [2.24, 2.45) is 0 Å². The number of ether oxygens (including phenoxy) is 1. The standard InChI is InChI=1S/C9H14N5O4P.H2O3S/c1-6(18-5-19(15,16)17)2-14-4-13-7-8(10)11-3-12-9(7)14;1-4(2)3/h3-4,6H,2,5H2,1H3,(H2,10,11,12)(H2,15,16,17);(H2,1,2,3)/t6-;/m1./s1. The predicted molar refractivity (Wildman–Crippen MR) is 80.6 cm³/mol. The van der Waals surface area contributed by atoms with Gasteiger partial charge in [-0.15, -0.1) is 0 Å². The molecule has 1 atom stereocenters. The highest BCUT2D eigenvalue weighted by Crippen LogP contribution is 2.34. The fourth-order valence-corrected chi connectivity index (χ4v) is 2.04. The second-order valence-electron chi connectivity index (χ2n) is 4.33. The molecule has 0 fully saturated rings. The summed E-state index contributed by atoms with van der Waals surface area (Å²) in [7, 11) is -4.16. The third-order valence-electron chi connectivity index (χ3n) is 2.41. The molecule has 0 amide bonds. The largest absolute Gasteiger partial charge is 0.382 e. The Kier molecular flexibility index (Phi) is 7.15. The fourth-order valence-electron chi connectivity index (χ4n) is 1.59.